The summed E-state index contributed by atoms with van der Waals surface area (Å²) in [4.78, 5) is 19.7. The molecule has 1 amide bonds. The zero-order valence-electron chi connectivity index (χ0n) is 21.2. The Morgan fingerprint density at radius 2 is 1.73 bits per heavy atom. The average molecular weight is 534 g/mol. The molecule has 2 aromatic rings. The van der Waals surface area contributed by atoms with Crippen LogP contribution in [0.4, 0.5) is 4.39 Å². The van der Waals surface area contributed by atoms with E-state index in [1.807, 2.05) is 4.90 Å². The number of halogens is 1. The monoisotopic (exact) mass is 533 g/mol. The van der Waals surface area contributed by atoms with Crippen molar-refractivity contribution in [3.05, 3.63) is 47.5 Å². The van der Waals surface area contributed by atoms with Crippen molar-refractivity contribution >= 4 is 15.7 Å². The van der Waals surface area contributed by atoms with E-state index >= 15 is 0 Å². The van der Waals surface area contributed by atoms with Crippen molar-refractivity contribution in [1.82, 2.24) is 14.5 Å². The van der Waals surface area contributed by atoms with Crippen molar-refractivity contribution in [3.8, 4) is 0 Å². The third kappa shape index (κ3) is 6.23. The van der Waals surface area contributed by atoms with Crippen molar-refractivity contribution < 1.29 is 27.1 Å². The van der Waals surface area contributed by atoms with Crippen LogP contribution in [0.1, 0.15) is 62.6 Å². The molecule has 0 unspecified atom stereocenters. The Balaban J connectivity index is 1.44. The number of carbonyl (C=O) groups excluding carboxylic acids is 1. The van der Waals surface area contributed by atoms with Gasteiger partial charge in [-0.05, 0) is 44.6 Å². The smallest absolute Gasteiger partial charge is 0.228 e. The van der Waals surface area contributed by atoms with Gasteiger partial charge in [-0.15, -0.1) is 0 Å². The summed E-state index contributed by atoms with van der Waals surface area (Å²) in [7, 11) is -3.95. The average Bonchev–Trinajstić information content (AvgIpc) is 3.69. The van der Waals surface area contributed by atoms with Gasteiger partial charge >= 0.3 is 0 Å². The third-order valence-electron chi connectivity index (χ3n) is 7.71. The number of ether oxygens (including phenoxy) is 2. The molecule has 202 valence electrons. The summed E-state index contributed by atoms with van der Waals surface area (Å²) in [5.41, 5.74) is 0.749. The number of aromatic nitrogens is 2. The van der Waals surface area contributed by atoms with Crippen LogP contribution in [-0.4, -0.2) is 60.7 Å². The SMILES string of the molecule is O=C(C1CCCC1)N(Cc1cnc(S(=O)(=O)Cc2ccccc2F)n1C[C@@H]1CCCO1)C[C@@H]1CCCO1. The predicted molar refractivity (Wildman–Crippen MR) is 135 cm³/mol. The van der Waals surface area contributed by atoms with Crippen LogP contribution in [0.25, 0.3) is 0 Å². The van der Waals surface area contributed by atoms with Gasteiger partial charge in [0.25, 0.3) is 0 Å². The Kier molecular flexibility index (Phi) is 8.26. The highest BCUT2D eigenvalue weighted by molar-refractivity contribution is 7.90. The van der Waals surface area contributed by atoms with Gasteiger partial charge in [0.05, 0.1) is 42.9 Å². The summed E-state index contributed by atoms with van der Waals surface area (Å²) >= 11 is 0. The zero-order chi connectivity index (χ0) is 25.8. The minimum atomic E-state index is -3.95. The van der Waals surface area contributed by atoms with Crippen molar-refractivity contribution in [2.45, 2.75) is 87.6 Å². The Morgan fingerprint density at radius 1 is 1.03 bits per heavy atom. The maximum absolute atomic E-state index is 14.3. The van der Waals surface area contributed by atoms with E-state index in [-0.39, 0.29) is 41.3 Å². The molecule has 8 nitrogen and oxygen atoms in total. The number of rotatable bonds is 10. The molecule has 0 radical (unpaired) electrons. The van der Waals surface area contributed by atoms with Crippen LogP contribution in [0.3, 0.4) is 0 Å². The second-order valence-electron chi connectivity index (χ2n) is 10.5. The fourth-order valence-electron chi connectivity index (χ4n) is 5.73. The van der Waals surface area contributed by atoms with Crippen LogP contribution < -0.4 is 0 Å². The molecule has 1 aromatic heterocycles. The first kappa shape index (κ1) is 26.3. The van der Waals surface area contributed by atoms with Crippen LogP contribution in [0.5, 0.6) is 0 Å². The fourth-order valence-corrected chi connectivity index (χ4v) is 7.24. The van der Waals surface area contributed by atoms with E-state index in [2.05, 4.69) is 4.98 Å². The quantitative estimate of drug-likeness (QED) is 0.461. The lowest BCUT2D eigenvalue weighted by atomic mass is 10.1. The van der Waals surface area contributed by atoms with Crippen LogP contribution in [0.2, 0.25) is 0 Å². The molecular formula is C27H36FN3O5S. The second-order valence-corrected chi connectivity index (χ2v) is 12.3. The van der Waals surface area contributed by atoms with Crippen LogP contribution in [0.15, 0.2) is 35.6 Å². The number of hydrogen-bond acceptors (Lipinski definition) is 6. The van der Waals surface area contributed by atoms with Gasteiger partial charge in [0.1, 0.15) is 5.82 Å². The van der Waals surface area contributed by atoms with Crippen molar-refractivity contribution in [3.63, 3.8) is 0 Å². The highest BCUT2D eigenvalue weighted by Gasteiger charge is 2.33. The number of hydrogen-bond donors (Lipinski definition) is 0. The molecule has 2 aliphatic heterocycles. The van der Waals surface area contributed by atoms with Crippen LogP contribution in [0, 0.1) is 11.7 Å². The number of carbonyl (C=O) groups is 1. The number of amides is 1. The molecule has 1 aromatic carbocycles. The maximum atomic E-state index is 14.3. The summed E-state index contributed by atoms with van der Waals surface area (Å²) in [5, 5.41) is -0.105. The van der Waals surface area contributed by atoms with Crippen molar-refractivity contribution in [1.29, 1.82) is 0 Å². The highest BCUT2D eigenvalue weighted by Crippen LogP contribution is 2.29. The van der Waals surface area contributed by atoms with Crippen molar-refractivity contribution in [2.75, 3.05) is 19.8 Å². The first-order chi connectivity index (χ1) is 17.9. The lowest BCUT2D eigenvalue weighted by Crippen LogP contribution is -2.40. The van der Waals surface area contributed by atoms with E-state index < -0.39 is 21.4 Å². The molecule has 2 saturated heterocycles. The van der Waals surface area contributed by atoms with Gasteiger partial charge in [0.15, 0.2) is 0 Å². The third-order valence-corrected chi connectivity index (χ3v) is 9.28. The standard InChI is InChI=1S/C27H36FN3O5S/c28-25-12-4-3-9-21(25)19-37(33,34)27-29-15-22(31(27)18-24-11-6-14-36-24)16-30(17-23-10-5-13-35-23)26(32)20-7-1-2-8-20/h3-4,9,12,15,20,23-24H,1-2,5-8,10-11,13-14,16-19H2/t23-,24-/m0/s1. The largest absolute Gasteiger partial charge is 0.376 e. The van der Waals surface area contributed by atoms with Crippen LogP contribution in [-0.2, 0) is 42.9 Å². The molecule has 0 bridgehead atoms. The lowest BCUT2D eigenvalue weighted by Gasteiger charge is -2.28. The molecular weight excluding hydrogens is 497 g/mol. The summed E-state index contributed by atoms with van der Waals surface area (Å²) in [6.45, 7) is 2.40. The van der Waals surface area contributed by atoms with Gasteiger partial charge in [-0.3, -0.25) is 4.79 Å². The van der Waals surface area contributed by atoms with E-state index in [1.165, 1.54) is 18.2 Å². The molecule has 3 aliphatic rings. The Bertz CT molecular complexity index is 1180. The van der Waals surface area contributed by atoms with E-state index in [0.717, 1.165) is 51.4 Å². The Hall–Kier alpha value is -2.30. The summed E-state index contributed by atoms with van der Waals surface area (Å²) in [6, 6.07) is 5.89. The molecule has 5 rings (SSSR count). The summed E-state index contributed by atoms with van der Waals surface area (Å²) in [5.74, 6) is -0.940. The molecule has 1 saturated carbocycles. The minimum Gasteiger partial charge on any atom is -0.376 e. The second kappa shape index (κ2) is 11.6. The highest BCUT2D eigenvalue weighted by atomic mass is 32.2. The molecule has 2 atom stereocenters. The number of benzene rings is 1. The zero-order valence-corrected chi connectivity index (χ0v) is 22.0. The van der Waals surface area contributed by atoms with Gasteiger partial charge < -0.3 is 18.9 Å². The van der Waals surface area contributed by atoms with E-state index in [9.17, 15) is 17.6 Å². The first-order valence-electron chi connectivity index (χ1n) is 13.4. The fraction of sp³-hybridized carbons (Fsp3) is 0.630. The number of imidazole rings is 1. The molecule has 37 heavy (non-hydrogen) atoms. The molecule has 10 heteroatoms. The van der Waals surface area contributed by atoms with Gasteiger partial charge in [0.2, 0.25) is 20.9 Å². The summed E-state index contributed by atoms with van der Waals surface area (Å²) in [6.07, 6.45) is 8.92. The molecule has 3 fully saturated rings. The minimum absolute atomic E-state index is 0.000184. The van der Waals surface area contributed by atoms with Gasteiger partial charge in [-0.25, -0.2) is 17.8 Å². The molecule has 3 heterocycles. The lowest BCUT2D eigenvalue weighted by molar-refractivity contribution is -0.137. The molecule has 1 aliphatic carbocycles. The molecule has 0 N–H and O–H groups in total. The Morgan fingerprint density at radius 3 is 2.41 bits per heavy atom. The van der Waals surface area contributed by atoms with E-state index in [4.69, 9.17) is 9.47 Å². The first-order valence-corrected chi connectivity index (χ1v) is 15.1. The topological polar surface area (TPSA) is 90.7 Å². The normalized spacial score (nSPS) is 22.6. The number of sulfone groups is 1. The van der Waals surface area contributed by atoms with Gasteiger partial charge in [-0.1, -0.05) is 31.0 Å². The maximum Gasteiger partial charge on any atom is 0.228 e. The van der Waals surface area contributed by atoms with Gasteiger partial charge in [-0.2, -0.15) is 0 Å². The predicted octanol–water partition coefficient (Wildman–Crippen LogP) is 3.87. The Labute approximate surface area is 218 Å². The van der Waals surface area contributed by atoms with Gasteiger partial charge in [0, 0.05) is 31.2 Å². The van der Waals surface area contributed by atoms with E-state index in [1.54, 1.807) is 16.8 Å². The molecule has 0 spiro atoms. The van der Waals surface area contributed by atoms with E-state index in [0.29, 0.717) is 32.0 Å². The summed E-state index contributed by atoms with van der Waals surface area (Å²) < 4.78 is 54.6. The van der Waals surface area contributed by atoms with Crippen molar-refractivity contribution in [2.24, 2.45) is 5.92 Å². The number of nitrogens with zero attached hydrogens (tertiary/aromatic N) is 3. The van der Waals surface area contributed by atoms with Crippen LogP contribution >= 0.6 is 0 Å².